The minimum absolute atomic E-state index is 0. The van der Waals surface area contributed by atoms with Crippen LogP contribution in [0.4, 0.5) is 0 Å². The van der Waals surface area contributed by atoms with Gasteiger partial charge in [0.15, 0.2) is 6.61 Å². The number of ether oxygens (including phenoxy) is 2. The van der Waals surface area contributed by atoms with Gasteiger partial charge in [0, 0.05) is 13.1 Å². The molecule has 0 aliphatic carbocycles. The lowest BCUT2D eigenvalue weighted by atomic mass is 10.2. The molecule has 1 aromatic rings. The molecule has 0 unspecified atom stereocenters. The van der Waals surface area contributed by atoms with E-state index in [9.17, 15) is 4.79 Å². The molecule has 0 radical (unpaired) electrons. The van der Waals surface area contributed by atoms with Crippen LogP contribution in [0.1, 0.15) is 5.56 Å². The number of hydrogen-bond donors (Lipinski definition) is 3. The fourth-order valence-electron chi connectivity index (χ4n) is 1.39. The van der Waals surface area contributed by atoms with E-state index in [4.69, 9.17) is 19.7 Å². The van der Waals surface area contributed by atoms with Crippen LogP contribution in [0.5, 0.6) is 5.75 Å². The van der Waals surface area contributed by atoms with Gasteiger partial charge in [-0.25, -0.2) is 4.79 Å². The van der Waals surface area contributed by atoms with Crippen LogP contribution in [0.2, 0.25) is 0 Å². The molecule has 0 aliphatic rings. The molecule has 0 fully saturated rings. The molecule has 3 N–H and O–H groups in total. The summed E-state index contributed by atoms with van der Waals surface area (Å²) in [7, 11) is 0. The van der Waals surface area contributed by atoms with E-state index in [2.05, 4.69) is 5.32 Å². The van der Waals surface area contributed by atoms with Gasteiger partial charge in [-0.2, -0.15) is 0 Å². The van der Waals surface area contributed by atoms with Crippen LogP contribution in [-0.2, 0) is 16.1 Å². The van der Waals surface area contributed by atoms with Gasteiger partial charge >= 0.3 is 5.97 Å². The molecule has 0 bridgehead atoms. The first-order valence-corrected chi connectivity index (χ1v) is 6.05. The van der Waals surface area contributed by atoms with Crippen LogP contribution in [0.25, 0.3) is 0 Å². The average molecular weight is 306 g/mol. The SMILES string of the molecule is Cl.O=C(O)COc1ccc(CNCCOCCO)cc1. The fourth-order valence-corrected chi connectivity index (χ4v) is 1.39. The zero-order valence-corrected chi connectivity index (χ0v) is 11.9. The largest absolute Gasteiger partial charge is 0.482 e. The molecule has 0 heterocycles. The Bertz CT molecular complexity index is 372. The first kappa shape index (κ1) is 18.7. The monoisotopic (exact) mass is 305 g/mol. The zero-order valence-electron chi connectivity index (χ0n) is 11.1. The average Bonchev–Trinajstić information content (AvgIpc) is 2.41. The molecule has 1 rings (SSSR count). The van der Waals surface area contributed by atoms with Gasteiger partial charge in [0.05, 0.1) is 19.8 Å². The van der Waals surface area contributed by atoms with Gasteiger partial charge in [0.25, 0.3) is 0 Å². The highest BCUT2D eigenvalue weighted by molar-refractivity contribution is 5.85. The van der Waals surface area contributed by atoms with Crippen molar-refractivity contribution in [3.8, 4) is 5.75 Å². The van der Waals surface area contributed by atoms with Crippen LogP contribution in [0, 0.1) is 0 Å². The van der Waals surface area contributed by atoms with Crippen molar-refractivity contribution in [2.75, 3.05) is 33.0 Å². The number of rotatable bonds is 10. The topological polar surface area (TPSA) is 88.0 Å². The van der Waals surface area contributed by atoms with Crippen molar-refractivity contribution in [2.24, 2.45) is 0 Å². The number of aliphatic carboxylic acids is 1. The van der Waals surface area contributed by atoms with Gasteiger partial charge in [-0.05, 0) is 17.7 Å². The van der Waals surface area contributed by atoms with Crippen molar-refractivity contribution in [3.63, 3.8) is 0 Å². The second kappa shape index (κ2) is 11.5. The van der Waals surface area contributed by atoms with E-state index >= 15 is 0 Å². The summed E-state index contributed by atoms with van der Waals surface area (Å²) in [6.45, 7) is 2.02. The smallest absolute Gasteiger partial charge is 0.341 e. The Hall–Kier alpha value is -1.34. The van der Waals surface area contributed by atoms with E-state index in [1.807, 2.05) is 12.1 Å². The number of nitrogens with one attached hydrogen (secondary N) is 1. The van der Waals surface area contributed by atoms with E-state index in [1.165, 1.54) is 0 Å². The van der Waals surface area contributed by atoms with Crippen molar-refractivity contribution in [1.82, 2.24) is 5.32 Å². The predicted molar refractivity (Wildman–Crippen MR) is 76.4 cm³/mol. The lowest BCUT2D eigenvalue weighted by Gasteiger charge is -2.07. The number of carboxylic acid groups (broad SMARTS) is 1. The second-order valence-electron chi connectivity index (χ2n) is 3.84. The summed E-state index contributed by atoms with van der Waals surface area (Å²) in [5, 5.41) is 20.2. The summed E-state index contributed by atoms with van der Waals surface area (Å²) in [6.07, 6.45) is 0. The van der Waals surface area contributed by atoms with Gasteiger partial charge in [0.1, 0.15) is 5.75 Å². The van der Waals surface area contributed by atoms with Gasteiger partial charge in [0.2, 0.25) is 0 Å². The molecule has 114 valence electrons. The summed E-state index contributed by atoms with van der Waals surface area (Å²) < 4.78 is 10.1. The van der Waals surface area contributed by atoms with Gasteiger partial charge in [-0.15, -0.1) is 12.4 Å². The number of carboxylic acids is 1. The second-order valence-corrected chi connectivity index (χ2v) is 3.84. The third kappa shape index (κ3) is 8.71. The molecule has 0 atom stereocenters. The van der Waals surface area contributed by atoms with E-state index in [0.717, 1.165) is 5.56 Å². The molecule has 20 heavy (non-hydrogen) atoms. The zero-order chi connectivity index (χ0) is 13.9. The molecule has 0 aliphatic heterocycles. The van der Waals surface area contributed by atoms with Crippen LogP contribution in [-0.4, -0.2) is 49.2 Å². The fraction of sp³-hybridized carbons (Fsp3) is 0.462. The molecule has 0 amide bonds. The normalized spacial score (nSPS) is 9.85. The highest BCUT2D eigenvalue weighted by atomic mass is 35.5. The number of halogens is 1. The van der Waals surface area contributed by atoms with Crippen molar-refractivity contribution in [3.05, 3.63) is 29.8 Å². The van der Waals surface area contributed by atoms with Crippen molar-refractivity contribution in [2.45, 2.75) is 6.54 Å². The first-order valence-electron chi connectivity index (χ1n) is 6.05. The molecular weight excluding hydrogens is 286 g/mol. The van der Waals surface area contributed by atoms with E-state index < -0.39 is 5.97 Å². The number of carbonyl (C=O) groups is 1. The quantitative estimate of drug-likeness (QED) is 0.551. The van der Waals surface area contributed by atoms with Gasteiger partial charge < -0.3 is 25.0 Å². The molecule has 7 heteroatoms. The molecule has 0 saturated carbocycles. The Morgan fingerprint density at radius 3 is 2.50 bits per heavy atom. The Labute approximate surface area is 124 Å². The molecular formula is C13H20ClNO5. The third-order valence-corrected chi connectivity index (χ3v) is 2.27. The van der Waals surface area contributed by atoms with E-state index in [1.54, 1.807) is 12.1 Å². The van der Waals surface area contributed by atoms with Crippen molar-refractivity contribution in [1.29, 1.82) is 0 Å². The molecule has 1 aromatic carbocycles. The predicted octanol–water partition coefficient (Wildman–Crippen LogP) is 0.670. The van der Waals surface area contributed by atoms with E-state index in [-0.39, 0.29) is 25.6 Å². The van der Waals surface area contributed by atoms with Crippen LogP contribution in [0.3, 0.4) is 0 Å². The minimum atomic E-state index is -0.992. The standard InChI is InChI=1S/C13H19NO5.ClH/c15-6-8-18-7-5-14-9-11-1-3-12(4-2-11)19-10-13(16)17;/h1-4,14-15H,5-10H2,(H,16,17);1H. The molecule has 0 saturated heterocycles. The lowest BCUT2D eigenvalue weighted by Crippen LogP contribution is -2.20. The van der Waals surface area contributed by atoms with Crippen LogP contribution < -0.4 is 10.1 Å². The number of benzene rings is 1. The summed E-state index contributed by atoms with van der Waals surface area (Å²) in [5.41, 5.74) is 1.07. The Kier molecular flexibility index (Phi) is 10.7. The maximum atomic E-state index is 10.3. The first-order chi connectivity index (χ1) is 9.22. The number of hydrogen-bond acceptors (Lipinski definition) is 5. The summed E-state index contributed by atoms with van der Waals surface area (Å²) >= 11 is 0. The third-order valence-electron chi connectivity index (χ3n) is 2.27. The summed E-state index contributed by atoms with van der Waals surface area (Å²) in [6, 6.07) is 7.22. The van der Waals surface area contributed by atoms with Crippen molar-refractivity contribution < 1.29 is 24.5 Å². The molecule has 6 nitrogen and oxygen atoms in total. The number of aliphatic hydroxyl groups is 1. The van der Waals surface area contributed by atoms with Gasteiger partial charge in [-0.3, -0.25) is 0 Å². The van der Waals surface area contributed by atoms with Crippen LogP contribution >= 0.6 is 12.4 Å². The maximum absolute atomic E-state index is 10.3. The summed E-state index contributed by atoms with van der Waals surface area (Å²) in [5.74, 6) is -0.453. The summed E-state index contributed by atoms with van der Waals surface area (Å²) in [4.78, 5) is 10.3. The molecule has 0 spiro atoms. The Morgan fingerprint density at radius 1 is 1.20 bits per heavy atom. The Balaban J connectivity index is 0.00000361. The highest BCUT2D eigenvalue weighted by Crippen LogP contribution is 2.11. The Morgan fingerprint density at radius 2 is 1.90 bits per heavy atom. The van der Waals surface area contributed by atoms with E-state index in [0.29, 0.717) is 32.1 Å². The van der Waals surface area contributed by atoms with Crippen LogP contribution in [0.15, 0.2) is 24.3 Å². The van der Waals surface area contributed by atoms with Gasteiger partial charge in [-0.1, -0.05) is 12.1 Å². The maximum Gasteiger partial charge on any atom is 0.341 e. The lowest BCUT2D eigenvalue weighted by molar-refractivity contribution is -0.139. The van der Waals surface area contributed by atoms with Crippen molar-refractivity contribution >= 4 is 18.4 Å². The number of aliphatic hydroxyl groups excluding tert-OH is 1. The highest BCUT2D eigenvalue weighted by Gasteiger charge is 1.99. The minimum Gasteiger partial charge on any atom is -0.482 e. The molecule has 0 aromatic heterocycles.